The van der Waals surface area contributed by atoms with Crippen molar-refractivity contribution in [2.45, 2.75) is 32.2 Å². The number of hydrogen-bond donors (Lipinski definition) is 2. The summed E-state index contributed by atoms with van der Waals surface area (Å²) in [5, 5.41) is 11.5. The van der Waals surface area contributed by atoms with Gasteiger partial charge < -0.3 is 10.4 Å². The van der Waals surface area contributed by atoms with Gasteiger partial charge in [0, 0.05) is 10.5 Å². The van der Waals surface area contributed by atoms with Gasteiger partial charge in [-0.05, 0) is 24.1 Å². The van der Waals surface area contributed by atoms with Gasteiger partial charge in [0.15, 0.2) is 0 Å². The maximum atomic E-state index is 11.7. The van der Waals surface area contributed by atoms with Crippen molar-refractivity contribution in [1.29, 1.82) is 0 Å². The van der Waals surface area contributed by atoms with E-state index in [2.05, 4.69) is 21.2 Å². The molecule has 0 aliphatic rings. The van der Waals surface area contributed by atoms with Crippen molar-refractivity contribution >= 4 is 33.9 Å². The molecular weight excluding hydrogens is 322 g/mol. The molecule has 0 radical (unpaired) electrons. The van der Waals surface area contributed by atoms with E-state index in [1.54, 1.807) is 6.08 Å². The molecule has 2 N–H and O–H groups in total. The van der Waals surface area contributed by atoms with Crippen LogP contribution in [0.15, 0.2) is 34.8 Å². The molecule has 20 heavy (non-hydrogen) atoms. The Labute approximate surface area is 127 Å². The quantitative estimate of drug-likeness (QED) is 0.749. The van der Waals surface area contributed by atoms with Gasteiger partial charge in [-0.15, -0.1) is 0 Å². The number of rotatable bonds is 7. The van der Waals surface area contributed by atoms with E-state index in [0.29, 0.717) is 6.42 Å². The van der Waals surface area contributed by atoms with E-state index in [4.69, 9.17) is 5.11 Å². The maximum absolute atomic E-state index is 11.7. The highest BCUT2D eigenvalue weighted by Crippen LogP contribution is 2.16. The molecule has 1 unspecified atom stereocenters. The van der Waals surface area contributed by atoms with Crippen LogP contribution in [0, 0.1) is 0 Å². The Morgan fingerprint density at radius 1 is 1.40 bits per heavy atom. The van der Waals surface area contributed by atoms with Gasteiger partial charge in [0.05, 0.1) is 0 Å². The third-order valence-corrected chi connectivity index (χ3v) is 3.50. The monoisotopic (exact) mass is 339 g/mol. The van der Waals surface area contributed by atoms with Gasteiger partial charge in [0.25, 0.3) is 0 Å². The molecular formula is C15H18BrNO3. The predicted molar refractivity (Wildman–Crippen MR) is 82.3 cm³/mol. The van der Waals surface area contributed by atoms with Gasteiger partial charge in [-0.1, -0.05) is 53.9 Å². The molecule has 0 bridgehead atoms. The number of unbranched alkanes of at least 4 members (excludes halogenated alkanes) is 1. The van der Waals surface area contributed by atoms with Crippen LogP contribution in [0.25, 0.3) is 6.08 Å². The van der Waals surface area contributed by atoms with Gasteiger partial charge in [-0.25, -0.2) is 4.79 Å². The highest BCUT2D eigenvalue weighted by Gasteiger charge is 2.17. The molecule has 1 rings (SSSR count). The van der Waals surface area contributed by atoms with Crippen LogP contribution in [0.3, 0.4) is 0 Å². The molecule has 0 aromatic heterocycles. The fourth-order valence-corrected chi connectivity index (χ4v) is 2.08. The van der Waals surface area contributed by atoms with E-state index in [9.17, 15) is 9.59 Å². The number of carbonyl (C=O) groups excluding carboxylic acids is 1. The van der Waals surface area contributed by atoms with Gasteiger partial charge >= 0.3 is 5.97 Å². The van der Waals surface area contributed by atoms with Crippen LogP contribution in [0.5, 0.6) is 0 Å². The number of hydrogen-bond acceptors (Lipinski definition) is 2. The molecule has 108 valence electrons. The first kappa shape index (κ1) is 16.4. The second kappa shape index (κ2) is 8.53. The minimum atomic E-state index is -0.999. The average Bonchev–Trinajstić information content (AvgIpc) is 2.42. The lowest BCUT2D eigenvalue weighted by atomic mass is 10.1. The van der Waals surface area contributed by atoms with E-state index in [1.807, 2.05) is 31.2 Å². The second-order valence-corrected chi connectivity index (χ2v) is 5.25. The number of nitrogens with one attached hydrogen (secondary N) is 1. The first-order valence-electron chi connectivity index (χ1n) is 6.50. The molecule has 1 amide bonds. The largest absolute Gasteiger partial charge is 0.480 e. The number of amides is 1. The number of halogens is 1. The molecule has 0 fully saturated rings. The molecule has 0 heterocycles. The summed E-state index contributed by atoms with van der Waals surface area (Å²) in [7, 11) is 0. The normalized spacial score (nSPS) is 12.3. The highest BCUT2D eigenvalue weighted by molar-refractivity contribution is 9.10. The summed E-state index contributed by atoms with van der Waals surface area (Å²) in [5.74, 6) is -1.40. The number of carbonyl (C=O) groups is 2. The smallest absolute Gasteiger partial charge is 0.326 e. The van der Waals surface area contributed by atoms with Crippen molar-refractivity contribution < 1.29 is 14.7 Å². The molecule has 1 atom stereocenters. The Morgan fingerprint density at radius 3 is 2.70 bits per heavy atom. The number of carboxylic acid groups (broad SMARTS) is 1. The Bertz CT molecular complexity index is 500. The molecule has 5 heteroatoms. The van der Waals surface area contributed by atoms with Crippen LogP contribution < -0.4 is 5.32 Å². The molecule has 1 aromatic rings. The summed E-state index contributed by atoms with van der Waals surface area (Å²) in [4.78, 5) is 22.8. The first-order valence-corrected chi connectivity index (χ1v) is 7.29. The number of carboxylic acids is 1. The van der Waals surface area contributed by atoms with Crippen molar-refractivity contribution in [2.24, 2.45) is 0 Å². The van der Waals surface area contributed by atoms with E-state index in [-0.39, 0.29) is 0 Å². The molecule has 0 saturated heterocycles. The zero-order chi connectivity index (χ0) is 15.0. The van der Waals surface area contributed by atoms with Gasteiger partial charge in [-0.3, -0.25) is 4.79 Å². The fourth-order valence-electron chi connectivity index (χ4n) is 1.66. The summed E-state index contributed by atoms with van der Waals surface area (Å²) in [6, 6.07) is 6.65. The predicted octanol–water partition coefficient (Wildman–Crippen LogP) is 3.22. The van der Waals surface area contributed by atoms with Crippen LogP contribution >= 0.6 is 15.9 Å². The summed E-state index contributed by atoms with van der Waals surface area (Å²) < 4.78 is 0.879. The third-order valence-electron chi connectivity index (χ3n) is 2.78. The highest BCUT2D eigenvalue weighted by atomic mass is 79.9. The number of benzene rings is 1. The van der Waals surface area contributed by atoms with Crippen LogP contribution in [-0.4, -0.2) is 23.0 Å². The Hall–Kier alpha value is -1.62. The Kier molecular flexibility index (Phi) is 7.01. The van der Waals surface area contributed by atoms with Crippen LogP contribution in [-0.2, 0) is 9.59 Å². The van der Waals surface area contributed by atoms with Crippen LogP contribution in [0.4, 0.5) is 0 Å². The summed E-state index contributed by atoms with van der Waals surface area (Å²) >= 11 is 3.38. The molecule has 0 spiro atoms. The van der Waals surface area contributed by atoms with Crippen molar-refractivity contribution in [3.63, 3.8) is 0 Å². The topological polar surface area (TPSA) is 66.4 Å². The molecule has 0 aliphatic carbocycles. The van der Waals surface area contributed by atoms with Gasteiger partial charge in [0.1, 0.15) is 6.04 Å². The summed E-state index contributed by atoms with van der Waals surface area (Å²) in [6.45, 7) is 1.98. The van der Waals surface area contributed by atoms with E-state index in [0.717, 1.165) is 22.9 Å². The molecule has 0 aliphatic heterocycles. The fraction of sp³-hybridized carbons (Fsp3) is 0.333. The van der Waals surface area contributed by atoms with E-state index >= 15 is 0 Å². The number of aliphatic carboxylic acids is 1. The minimum absolute atomic E-state index is 0.399. The lowest BCUT2D eigenvalue weighted by molar-refractivity contribution is -0.141. The summed E-state index contributed by atoms with van der Waals surface area (Å²) in [6.07, 6.45) is 5.11. The average molecular weight is 340 g/mol. The van der Waals surface area contributed by atoms with Crippen molar-refractivity contribution in [1.82, 2.24) is 5.32 Å². The lowest BCUT2D eigenvalue weighted by Gasteiger charge is -2.12. The third kappa shape index (κ3) is 5.57. The second-order valence-electron chi connectivity index (χ2n) is 4.40. The first-order chi connectivity index (χ1) is 9.54. The van der Waals surface area contributed by atoms with Crippen molar-refractivity contribution in [3.8, 4) is 0 Å². The van der Waals surface area contributed by atoms with Gasteiger partial charge in [0.2, 0.25) is 5.91 Å². The zero-order valence-electron chi connectivity index (χ0n) is 11.3. The lowest BCUT2D eigenvalue weighted by Crippen LogP contribution is -2.39. The van der Waals surface area contributed by atoms with E-state index < -0.39 is 17.9 Å². The molecule has 1 aromatic carbocycles. The van der Waals surface area contributed by atoms with Gasteiger partial charge in [-0.2, -0.15) is 0 Å². The molecule has 0 saturated carbocycles. The zero-order valence-corrected chi connectivity index (χ0v) is 12.9. The summed E-state index contributed by atoms with van der Waals surface area (Å²) in [5.41, 5.74) is 0.864. The van der Waals surface area contributed by atoms with Crippen molar-refractivity contribution in [2.75, 3.05) is 0 Å². The molecule has 4 nitrogen and oxygen atoms in total. The van der Waals surface area contributed by atoms with Crippen LogP contribution in [0.1, 0.15) is 31.7 Å². The SMILES string of the molecule is CCCCC(NC(=O)/C=C/c1ccccc1Br)C(=O)O. The standard InChI is InChI=1S/C15H18BrNO3/c1-2-3-8-13(15(19)20)17-14(18)10-9-11-6-4-5-7-12(11)16/h4-7,9-10,13H,2-3,8H2,1H3,(H,17,18)(H,19,20)/b10-9+. The maximum Gasteiger partial charge on any atom is 0.326 e. The Morgan fingerprint density at radius 2 is 2.10 bits per heavy atom. The van der Waals surface area contributed by atoms with E-state index in [1.165, 1.54) is 6.08 Å². The Balaban J connectivity index is 2.61. The minimum Gasteiger partial charge on any atom is -0.480 e. The van der Waals surface area contributed by atoms with Crippen LogP contribution in [0.2, 0.25) is 0 Å². The van der Waals surface area contributed by atoms with Crippen molar-refractivity contribution in [3.05, 3.63) is 40.4 Å².